The quantitative estimate of drug-likeness (QED) is 0.335. The number of anilines is 1. The zero-order valence-electron chi connectivity index (χ0n) is 22.9. The van der Waals surface area contributed by atoms with Crippen molar-refractivity contribution in [3.8, 4) is 0 Å². The molecule has 1 aliphatic rings. The van der Waals surface area contributed by atoms with Crippen molar-refractivity contribution < 1.29 is 18.7 Å². The van der Waals surface area contributed by atoms with Gasteiger partial charge in [-0.15, -0.1) is 0 Å². The third-order valence-electron chi connectivity index (χ3n) is 7.42. The van der Waals surface area contributed by atoms with Crippen molar-refractivity contribution >= 4 is 11.6 Å². The predicted molar refractivity (Wildman–Crippen MR) is 146 cm³/mol. The van der Waals surface area contributed by atoms with Gasteiger partial charge < -0.3 is 21.1 Å². The first-order valence-electron chi connectivity index (χ1n) is 13.5. The lowest BCUT2D eigenvalue weighted by molar-refractivity contribution is -0.120. The summed E-state index contributed by atoms with van der Waals surface area (Å²) in [6.07, 6.45) is 4.40. The normalized spacial score (nSPS) is 17.2. The zero-order valence-corrected chi connectivity index (χ0v) is 22.9. The third kappa shape index (κ3) is 7.51. The fraction of sp³-hybridized carbons (Fsp3) is 0.567. The molecule has 2 aromatic rings. The van der Waals surface area contributed by atoms with Crippen LogP contribution < -0.4 is 16.0 Å². The van der Waals surface area contributed by atoms with E-state index in [0.29, 0.717) is 12.1 Å². The molecule has 37 heavy (non-hydrogen) atoms. The summed E-state index contributed by atoms with van der Waals surface area (Å²) in [6.45, 7) is 10.5. The summed E-state index contributed by atoms with van der Waals surface area (Å²) in [5, 5.41) is 20.7. The molecular formula is C30H43F2N3O2. The minimum atomic E-state index is -0.964. The number of carbonyl (C=O) groups excluding carboxylic acids is 1. The lowest BCUT2D eigenvalue weighted by atomic mass is 9.74. The number of halogens is 2. The number of aliphatic hydroxyl groups is 1. The fourth-order valence-electron chi connectivity index (χ4n) is 5.39. The Balaban J connectivity index is 1.85. The smallest absolute Gasteiger partial charge is 0.217 e. The van der Waals surface area contributed by atoms with E-state index in [1.165, 1.54) is 30.5 Å². The lowest BCUT2D eigenvalue weighted by Crippen LogP contribution is -2.53. The van der Waals surface area contributed by atoms with Gasteiger partial charge in [-0.1, -0.05) is 64.3 Å². The van der Waals surface area contributed by atoms with Crippen LogP contribution in [0.1, 0.15) is 83.4 Å². The van der Waals surface area contributed by atoms with Crippen LogP contribution in [0.15, 0.2) is 36.4 Å². The van der Waals surface area contributed by atoms with E-state index in [1.54, 1.807) is 0 Å². The summed E-state index contributed by atoms with van der Waals surface area (Å²) in [4.78, 5) is 12.0. The van der Waals surface area contributed by atoms with Crippen LogP contribution in [0.5, 0.6) is 0 Å². The van der Waals surface area contributed by atoms with Crippen LogP contribution >= 0.6 is 0 Å². The van der Waals surface area contributed by atoms with Crippen LogP contribution in [-0.2, 0) is 22.2 Å². The van der Waals surface area contributed by atoms with E-state index in [0.717, 1.165) is 31.7 Å². The van der Waals surface area contributed by atoms with Crippen molar-refractivity contribution in [2.45, 2.75) is 96.2 Å². The summed E-state index contributed by atoms with van der Waals surface area (Å²) in [6, 6.07) is 10.1. The minimum absolute atomic E-state index is 0.0202. The topological polar surface area (TPSA) is 73.4 Å². The van der Waals surface area contributed by atoms with Crippen molar-refractivity contribution in [2.24, 2.45) is 0 Å². The molecule has 0 aromatic heterocycles. The Hall–Kier alpha value is -2.51. The summed E-state index contributed by atoms with van der Waals surface area (Å²) >= 11 is 0. The van der Waals surface area contributed by atoms with Crippen LogP contribution in [0.3, 0.4) is 0 Å². The van der Waals surface area contributed by atoms with E-state index in [4.69, 9.17) is 0 Å². The maximum atomic E-state index is 14.5. The molecule has 1 aliphatic carbocycles. The number of rotatable bonds is 10. The van der Waals surface area contributed by atoms with Crippen molar-refractivity contribution in [3.63, 3.8) is 0 Å². The number of benzene rings is 2. The zero-order chi connectivity index (χ0) is 27.2. The molecule has 0 spiro atoms. The highest BCUT2D eigenvalue weighted by molar-refractivity contribution is 5.73. The molecule has 5 nitrogen and oxygen atoms in total. The number of nitrogens with one attached hydrogen (secondary N) is 3. The summed E-state index contributed by atoms with van der Waals surface area (Å²) in [5.74, 6) is -1.69. The summed E-state index contributed by atoms with van der Waals surface area (Å²) < 4.78 is 28.6. The minimum Gasteiger partial charge on any atom is -0.390 e. The molecule has 204 valence electrons. The van der Waals surface area contributed by atoms with E-state index >= 15 is 0 Å². The molecule has 7 heteroatoms. The largest absolute Gasteiger partial charge is 0.390 e. The monoisotopic (exact) mass is 515 g/mol. The number of carbonyl (C=O) groups is 1. The van der Waals surface area contributed by atoms with Crippen LogP contribution in [0.25, 0.3) is 0 Å². The molecule has 2 aromatic carbocycles. The highest BCUT2D eigenvalue weighted by atomic mass is 19.1. The standard InChI is InChI=1S/C30H43F2N3O2/c1-6-33-28-21(15-24(31)18-25(28)32)16-26(35-20(2)36)27(37)19-34-30(13-8-7-9-14-30)23-12-10-11-22(17-23)29(3,4)5/h10-12,15,17-18,26-27,33-34,37H,6-9,13-14,16,19H2,1-5H3,(H,35,36). The van der Waals surface area contributed by atoms with Gasteiger partial charge in [-0.25, -0.2) is 8.78 Å². The van der Waals surface area contributed by atoms with E-state index < -0.39 is 23.8 Å². The first kappa shape index (κ1) is 29.1. The van der Waals surface area contributed by atoms with Crippen LogP contribution in [0.2, 0.25) is 0 Å². The SMILES string of the molecule is CCNc1c(F)cc(F)cc1CC(NC(C)=O)C(O)CNC1(c2cccc(C(C)(C)C)c2)CCCCC1. The number of amides is 1. The molecule has 0 radical (unpaired) electrons. The summed E-state index contributed by atoms with van der Waals surface area (Å²) in [5.41, 5.74) is 2.79. The highest BCUT2D eigenvalue weighted by Gasteiger charge is 2.35. The molecule has 3 rings (SSSR count). The van der Waals surface area contributed by atoms with Crippen LogP contribution in [0, 0.1) is 11.6 Å². The van der Waals surface area contributed by atoms with Gasteiger partial charge in [0.25, 0.3) is 0 Å². The average Bonchev–Trinajstić information content (AvgIpc) is 2.84. The van der Waals surface area contributed by atoms with Gasteiger partial charge in [-0.3, -0.25) is 4.79 Å². The maximum absolute atomic E-state index is 14.5. The highest BCUT2D eigenvalue weighted by Crippen LogP contribution is 2.38. The van der Waals surface area contributed by atoms with Crippen molar-refractivity contribution in [3.05, 3.63) is 64.7 Å². The molecule has 0 heterocycles. The second kappa shape index (κ2) is 12.4. The van der Waals surface area contributed by atoms with E-state index in [-0.39, 0.29) is 35.5 Å². The van der Waals surface area contributed by atoms with Crippen LogP contribution in [-0.4, -0.2) is 36.2 Å². The Morgan fingerprint density at radius 1 is 1.11 bits per heavy atom. The second-order valence-corrected chi connectivity index (χ2v) is 11.4. The Kier molecular flexibility index (Phi) is 9.70. The van der Waals surface area contributed by atoms with Gasteiger partial charge in [-0.2, -0.15) is 0 Å². The Labute approximate surface area is 220 Å². The van der Waals surface area contributed by atoms with E-state index in [2.05, 4.69) is 61.0 Å². The second-order valence-electron chi connectivity index (χ2n) is 11.4. The number of hydrogen-bond acceptors (Lipinski definition) is 4. The van der Waals surface area contributed by atoms with Gasteiger partial charge in [0.05, 0.1) is 17.8 Å². The molecule has 2 atom stereocenters. The Morgan fingerprint density at radius 2 is 1.81 bits per heavy atom. The third-order valence-corrected chi connectivity index (χ3v) is 7.42. The molecule has 0 saturated heterocycles. The summed E-state index contributed by atoms with van der Waals surface area (Å²) in [7, 11) is 0. The molecule has 1 fully saturated rings. The van der Waals surface area contributed by atoms with Crippen molar-refractivity contribution in [2.75, 3.05) is 18.4 Å². The predicted octanol–water partition coefficient (Wildman–Crippen LogP) is 5.55. The maximum Gasteiger partial charge on any atom is 0.217 e. The fourth-order valence-corrected chi connectivity index (χ4v) is 5.39. The molecule has 2 unspecified atom stereocenters. The van der Waals surface area contributed by atoms with Gasteiger partial charge in [0.15, 0.2) is 0 Å². The van der Waals surface area contributed by atoms with Gasteiger partial charge in [0, 0.05) is 31.6 Å². The number of hydrogen-bond donors (Lipinski definition) is 4. The first-order chi connectivity index (χ1) is 17.4. The molecule has 0 bridgehead atoms. The average molecular weight is 516 g/mol. The molecule has 4 N–H and O–H groups in total. The van der Waals surface area contributed by atoms with Crippen LogP contribution in [0.4, 0.5) is 14.5 Å². The van der Waals surface area contributed by atoms with Gasteiger partial charge in [0.2, 0.25) is 5.91 Å². The Morgan fingerprint density at radius 3 is 2.43 bits per heavy atom. The number of aliphatic hydroxyl groups excluding tert-OH is 1. The molecular weight excluding hydrogens is 472 g/mol. The molecule has 0 aliphatic heterocycles. The van der Waals surface area contributed by atoms with E-state index in [9.17, 15) is 18.7 Å². The van der Waals surface area contributed by atoms with E-state index in [1.807, 2.05) is 6.92 Å². The van der Waals surface area contributed by atoms with Gasteiger partial charge >= 0.3 is 0 Å². The van der Waals surface area contributed by atoms with Crippen molar-refractivity contribution in [1.82, 2.24) is 10.6 Å². The Bertz CT molecular complexity index is 1060. The van der Waals surface area contributed by atoms with Gasteiger partial charge in [0.1, 0.15) is 11.6 Å². The van der Waals surface area contributed by atoms with Crippen molar-refractivity contribution in [1.29, 1.82) is 0 Å². The molecule has 1 saturated carbocycles. The lowest BCUT2D eigenvalue weighted by Gasteiger charge is -2.41. The van der Waals surface area contributed by atoms with Gasteiger partial charge in [-0.05, 0) is 54.4 Å². The molecule has 1 amide bonds. The first-order valence-corrected chi connectivity index (χ1v) is 13.5.